The molecule has 1 aromatic heterocycles. The van der Waals surface area contributed by atoms with Gasteiger partial charge >= 0.3 is 6.18 Å². The first-order valence-corrected chi connectivity index (χ1v) is 12.2. The number of carbonyl (C=O) groups is 2. The van der Waals surface area contributed by atoms with Gasteiger partial charge in [0.25, 0.3) is 5.91 Å². The molecule has 2 saturated carbocycles. The highest BCUT2D eigenvalue weighted by Crippen LogP contribution is 2.43. The number of nitriles is 1. The summed E-state index contributed by atoms with van der Waals surface area (Å²) < 4.78 is 40.2. The van der Waals surface area contributed by atoms with E-state index >= 15 is 0 Å². The van der Waals surface area contributed by atoms with Crippen molar-refractivity contribution >= 4 is 17.6 Å². The third kappa shape index (κ3) is 4.76. The first kappa shape index (κ1) is 24.1. The van der Waals surface area contributed by atoms with Crippen molar-refractivity contribution in [3.8, 4) is 6.07 Å². The zero-order valence-corrected chi connectivity index (χ0v) is 19.4. The lowest BCUT2D eigenvalue weighted by atomic mass is 9.76. The van der Waals surface area contributed by atoms with Crippen LogP contribution < -0.4 is 11.1 Å². The number of amides is 2. The first-order valence-electron chi connectivity index (χ1n) is 12.2. The maximum Gasteiger partial charge on any atom is 0.401 e. The van der Waals surface area contributed by atoms with Gasteiger partial charge in [-0.25, -0.2) is 0 Å². The van der Waals surface area contributed by atoms with Crippen LogP contribution in [0.5, 0.6) is 0 Å². The van der Waals surface area contributed by atoms with Gasteiger partial charge in [-0.15, -0.1) is 0 Å². The van der Waals surface area contributed by atoms with E-state index in [9.17, 15) is 28.0 Å². The number of hydrogen-bond donors (Lipinski definition) is 2. The van der Waals surface area contributed by atoms with Crippen LogP contribution in [-0.4, -0.2) is 75.3 Å². The summed E-state index contributed by atoms with van der Waals surface area (Å²) in [5.41, 5.74) is 5.04. The van der Waals surface area contributed by atoms with E-state index in [0.717, 1.165) is 32.1 Å². The number of hydrogen-bond acceptors (Lipinski definition) is 6. The number of anilines is 1. The van der Waals surface area contributed by atoms with Crippen LogP contribution in [0.2, 0.25) is 0 Å². The standard InChI is InChI=1S/C23H30F3N7O2/c24-23(25,26)13-32-16-9-17(32)11-31(10-16)15-3-5-22(6-4-15,7-8-27)33-12-18(19(28)34)20(30-33)29-21(35)14-1-2-14/h12,14-17H,1-7,9-11,13H2,(H2,28,34)(H,29,30,35)/t15-,16?,17?,22-. The Morgan fingerprint density at radius 3 is 2.37 bits per heavy atom. The normalized spacial score (nSPS) is 31.4. The van der Waals surface area contributed by atoms with Gasteiger partial charge in [0.15, 0.2) is 5.82 Å². The maximum absolute atomic E-state index is 12.9. The Hall–Kier alpha value is -2.65. The van der Waals surface area contributed by atoms with Crippen LogP contribution >= 0.6 is 0 Å². The Morgan fingerprint density at radius 1 is 1.17 bits per heavy atom. The van der Waals surface area contributed by atoms with Crippen LogP contribution in [0.4, 0.5) is 19.0 Å². The second-order valence-electron chi connectivity index (χ2n) is 10.5. The van der Waals surface area contributed by atoms with Crippen molar-refractivity contribution in [2.24, 2.45) is 11.7 Å². The number of aromatic nitrogens is 2. The number of nitrogens with two attached hydrogens (primary N) is 1. The van der Waals surface area contributed by atoms with E-state index in [0.29, 0.717) is 25.9 Å². The number of primary amides is 1. The molecule has 3 saturated heterocycles. The highest BCUT2D eigenvalue weighted by atomic mass is 19.4. The molecule has 35 heavy (non-hydrogen) atoms. The average molecular weight is 494 g/mol. The van der Waals surface area contributed by atoms with Crippen molar-refractivity contribution in [2.75, 3.05) is 25.0 Å². The van der Waals surface area contributed by atoms with Crippen molar-refractivity contribution in [2.45, 2.75) is 81.2 Å². The van der Waals surface area contributed by atoms with Crippen molar-refractivity contribution in [1.29, 1.82) is 5.26 Å². The lowest BCUT2D eigenvalue weighted by Gasteiger charge is -2.58. The molecule has 190 valence electrons. The van der Waals surface area contributed by atoms with Crippen LogP contribution in [0.3, 0.4) is 0 Å². The minimum atomic E-state index is -4.18. The monoisotopic (exact) mass is 493 g/mol. The van der Waals surface area contributed by atoms with E-state index in [1.54, 1.807) is 9.58 Å². The van der Waals surface area contributed by atoms with Gasteiger partial charge in [0, 0.05) is 43.3 Å². The zero-order chi connectivity index (χ0) is 25.0. The van der Waals surface area contributed by atoms with Crippen LogP contribution in [0.1, 0.15) is 61.7 Å². The largest absolute Gasteiger partial charge is 0.401 e. The summed E-state index contributed by atoms with van der Waals surface area (Å²) in [5.74, 6) is -0.806. The van der Waals surface area contributed by atoms with Gasteiger partial charge in [-0.1, -0.05) is 0 Å². The molecule has 3 N–H and O–H groups in total. The Balaban J connectivity index is 1.26. The quantitative estimate of drug-likeness (QED) is 0.601. The van der Waals surface area contributed by atoms with Crippen LogP contribution in [-0.2, 0) is 10.3 Å². The maximum atomic E-state index is 12.9. The van der Waals surface area contributed by atoms with Gasteiger partial charge in [0.05, 0.1) is 24.6 Å². The fourth-order valence-corrected chi connectivity index (χ4v) is 6.08. The molecule has 0 aromatic carbocycles. The Bertz CT molecular complexity index is 1020. The summed E-state index contributed by atoms with van der Waals surface area (Å²) >= 11 is 0. The summed E-state index contributed by atoms with van der Waals surface area (Å²) in [7, 11) is 0. The molecule has 0 radical (unpaired) electrons. The number of nitrogens with one attached hydrogen (secondary N) is 1. The molecule has 1 aromatic rings. The second-order valence-corrected chi connectivity index (χ2v) is 10.5. The lowest BCUT2D eigenvalue weighted by molar-refractivity contribution is -0.191. The smallest absolute Gasteiger partial charge is 0.365 e. The van der Waals surface area contributed by atoms with E-state index in [-0.39, 0.29) is 47.8 Å². The molecule has 2 bridgehead atoms. The van der Waals surface area contributed by atoms with Crippen molar-refractivity contribution in [3.63, 3.8) is 0 Å². The number of halogens is 3. The second kappa shape index (κ2) is 8.78. The summed E-state index contributed by atoms with van der Waals surface area (Å²) in [4.78, 5) is 28.2. The number of piperidine rings is 1. The molecule has 3 aliphatic heterocycles. The average Bonchev–Trinajstić information content (AvgIpc) is 3.57. The number of rotatable bonds is 7. The van der Waals surface area contributed by atoms with Gasteiger partial charge in [0.2, 0.25) is 5.91 Å². The van der Waals surface area contributed by atoms with Crippen molar-refractivity contribution in [1.82, 2.24) is 19.6 Å². The molecule has 2 atom stereocenters. The lowest BCUT2D eigenvalue weighted by Crippen LogP contribution is -2.71. The third-order valence-electron chi connectivity index (χ3n) is 8.20. The fourth-order valence-electron chi connectivity index (χ4n) is 6.08. The van der Waals surface area contributed by atoms with E-state index < -0.39 is 24.2 Å². The molecular weight excluding hydrogens is 463 g/mol. The highest BCUT2D eigenvalue weighted by Gasteiger charge is 2.50. The molecule has 5 aliphatic rings. The highest BCUT2D eigenvalue weighted by molar-refractivity contribution is 6.02. The summed E-state index contributed by atoms with van der Waals surface area (Å²) in [6, 6.07) is 2.38. The predicted molar refractivity (Wildman–Crippen MR) is 119 cm³/mol. The molecular formula is C23H30F3N7O2. The fraction of sp³-hybridized carbons (Fsp3) is 0.739. The number of fused-ring (bicyclic) bond motifs is 2. The molecule has 2 amide bonds. The van der Waals surface area contributed by atoms with Crippen LogP contribution in [0, 0.1) is 17.2 Å². The summed E-state index contributed by atoms with van der Waals surface area (Å²) in [6.45, 7) is 0.425. The third-order valence-corrected chi connectivity index (χ3v) is 8.20. The van der Waals surface area contributed by atoms with Crippen LogP contribution in [0.25, 0.3) is 0 Å². The van der Waals surface area contributed by atoms with Gasteiger partial charge in [-0.05, 0) is 44.9 Å². The minimum Gasteiger partial charge on any atom is -0.365 e. The molecule has 2 aliphatic carbocycles. The zero-order valence-electron chi connectivity index (χ0n) is 19.4. The molecule has 2 unspecified atom stereocenters. The van der Waals surface area contributed by atoms with Gasteiger partial charge in [-0.2, -0.15) is 23.5 Å². The predicted octanol–water partition coefficient (Wildman–Crippen LogP) is 2.20. The van der Waals surface area contributed by atoms with Gasteiger partial charge < -0.3 is 11.1 Å². The van der Waals surface area contributed by atoms with Gasteiger partial charge in [-0.3, -0.25) is 24.1 Å². The molecule has 9 nitrogen and oxygen atoms in total. The molecule has 12 heteroatoms. The molecule has 0 spiro atoms. The Kier molecular flexibility index (Phi) is 6.04. The van der Waals surface area contributed by atoms with Crippen molar-refractivity contribution in [3.05, 3.63) is 11.8 Å². The van der Waals surface area contributed by atoms with Gasteiger partial charge in [0.1, 0.15) is 5.56 Å². The molecule has 5 fully saturated rings. The SMILES string of the molecule is N#CC[C@]1(n2cc(C(N)=O)c(NC(=O)C3CC3)n2)CC[C@H](N2CC3CC(C2)N3CC(F)(F)F)CC1. The topological polar surface area (TPSA) is 120 Å². The minimum absolute atomic E-state index is 0.0527. The number of carbonyl (C=O) groups excluding carboxylic acids is 2. The van der Waals surface area contributed by atoms with E-state index in [1.165, 1.54) is 6.20 Å². The first-order chi connectivity index (χ1) is 16.6. The summed E-state index contributed by atoms with van der Waals surface area (Å²) in [5, 5.41) is 16.8. The molecule has 4 heterocycles. The number of nitrogens with zero attached hydrogens (tertiary/aromatic N) is 5. The number of piperazine rings is 1. The Labute approximate surface area is 201 Å². The summed E-state index contributed by atoms with van der Waals surface area (Å²) in [6.07, 6.45) is 2.81. The van der Waals surface area contributed by atoms with E-state index in [2.05, 4.69) is 21.4 Å². The number of alkyl halides is 3. The Morgan fingerprint density at radius 2 is 1.83 bits per heavy atom. The van der Waals surface area contributed by atoms with Crippen molar-refractivity contribution < 1.29 is 22.8 Å². The van der Waals surface area contributed by atoms with Crippen LogP contribution in [0.15, 0.2) is 6.20 Å². The molecule has 6 rings (SSSR count). The van der Waals surface area contributed by atoms with E-state index in [4.69, 9.17) is 5.73 Å². The van der Waals surface area contributed by atoms with E-state index in [1.807, 2.05) is 0 Å².